The van der Waals surface area contributed by atoms with Crippen molar-refractivity contribution < 1.29 is 39.0 Å². The molecule has 1 fully saturated rings. The topological polar surface area (TPSA) is 153 Å². The predicted octanol–water partition coefficient (Wildman–Crippen LogP) is 9.49. The third-order valence-electron chi connectivity index (χ3n) is 12.4. The number of carbonyl (C=O) groups is 1. The van der Waals surface area contributed by atoms with Gasteiger partial charge in [-0.15, -0.1) is 6.58 Å². The summed E-state index contributed by atoms with van der Waals surface area (Å²) in [6, 6.07) is 29.4. The van der Waals surface area contributed by atoms with E-state index < -0.39 is 22.7 Å². The molecule has 6 unspecified atom stereocenters. The Morgan fingerprint density at radius 2 is 1.65 bits per heavy atom. The minimum atomic E-state index is -1.41. The van der Waals surface area contributed by atoms with Crippen molar-refractivity contribution in [1.82, 2.24) is 4.90 Å². The number of carbonyl (C=O) groups excluding carboxylic acids is 1. The van der Waals surface area contributed by atoms with Crippen molar-refractivity contribution in [3.8, 4) is 28.4 Å². The van der Waals surface area contributed by atoms with Crippen molar-refractivity contribution in [2.45, 2.75) is 62.7 Å². The van der Waals surface area contributed by atoms with Gasteiger partial charge < -0.3 is 34.2 Å². The Bertz CT molecular complexity index is 2280. The van der Waals surface area contributed by atoms with E-state index in [1.54, 1.807) is 36.2 Å². The van der Waals surface area contributed by atoms with Crippen LogP contribution in [0, 0.1) is 27.9 Å². The molecule has 3 aliphatic rings. The molecule has 1 amide bonds. The number of aliphatic hydroxyl groups excluding tert-OH is 2. The number of ether oxygens (including phenoxy) is 3. The monoisotopic (exact) mass is 841 g/mol. The number of fused-ring (bicyclic) bond motifs is 2. The molecule has 1 aliphatic heterocycles. The molecule has 2 N–H and O–H groups in total. The van der Waals surface area contributed by atoms with Gasteiger partial charge in [-0.25, -0.2) is 0 Å². The number of aliphatic hydroxyl groups is 2. The Kier molecular flexibility index (Phi) is 14.3. The van der Waals surface area contributed by atoms with E-state index in [9.17, 15) is 25.1 Å². The second kappa shape index (κ2) is 20.2. The van der Waals surface area contributed by atoms with Crippen LogP contribution in [0.25, 0.3) is 17.2 Å². The molecule has 2 aliphatic carbocycles. The van der Waals surface area contributed by atoms with Gasteiger partial charge in [0.05, 0.1) is 23.2 Å². The van der Waals surface area contributed by atoms with Crippen LogP contribution in [0.2, 0.25) is 0 Å². The minimum absolute atomic E-state index is 0.0406. The second-order valence-corrected chi connectivity index (χ2v) is 16.1. The van der Waals surface area contributed by atoms with Crippen molar-refractivity contribution in [3.63, 3.8) is 0 Å². The molecule has 62 heavy (non-hydrogen) atoms. The van der Waals surface area contributed by atoms with E-state index in [1.807, 2.05) is 54.6 Å². The molecule has 4 aromatic carbocycles. The highest BCUT2D eigenvalue weighted by Crippen LogP contribution is 2.62. The zero-order valence-corrected chi connectivity index (χ0v) is 35.3. The third-order valence-corrected chi connectivity index (χ3v) is 12.4. The van der Waals surface area contributed by atoms with Gasteiger partial charge in [0.1, 0.15) is 30.4 Å². The summed E-state index contributed by atoms with van der Waals surface area (Å²) >= 11 is 0. The van der Waals surface area contributed by atoms with Gasteiger partial charge in [0.25, 0.3) is 5.69 Å². The normalized spacial score (nSPS) is 23.1. The number of likely N-dealkylation sites (N-methyl/N-ethyl adjacent to an activating group) is 1. The van der Waals surface area contributed by atoms with Gasteiger partial charge >= 0.3 is 0 Å². The smallest absolute Gasteiger partial charge is 0.269 e. The molecule has 7 rings (SSSR count). The first-order valence-corrected chi connectivity index (χ1v) is 21.4. The van der Waals surface area contributed by atoms with Crippen molar-refractivity contribution in [1.29, 1.82) is 0 Å². The summed E-state index contributed by atoms with van der Waals surface area (Å²) in [5, 5.41) is 35.6. The number of rotatable bonds is 19. The van der Waals surface area contributed by atoms with Crippen molar-refractivity contribution >= 4 is 23.4 Å². The number of nitrogens with zero attached hydrogens (tertiary/aromatic N) is 3. The van der Waals surface area contributed by atoms with Crippen LogP contribution in [0.5, 0.6) is 17.2 Å². The van der Waals surface area contributed by atoms with Gasteiger partial charge in [-0.05, 0) is 108 Å². The highest BCUT2D eigenvalue weighted by atomic mass is 16.7. The number of hydrogen-bond acceptors (Lipinski definition) is 10. The summed E-state index contributed by atoms with van der Waals surface area (Å²) in [5.74, 6) is -0.343. The molecular formula is C50H55N3O9. The zero-order chi connectivity index (χ0) is 43.6. The number of unbranched alkanes of at least 4 members (excludes halogenated alkanes) is 2. The van der Waals surface area contributed by atoms with Crippen LogP contribution in [0.1, 0.15) is 62.0 Å². The number of oxime groups is 1. The highest BCUT2D eigenvalue weighted by molar-refractivity contribution is 6.03. The van der Waals surface area contributed by atoms with Crippen molar-refractivity contribution in [2.24, 2.45) is 22.9 Å². The van der Waals surface area contributed by atoms with Crippen molar-refractivity contribution in [3.05, 3.63) is 149 Å². The molecule has 1 heterocycles. The molecule has 12 nitrogen and oxygen atoms in total. The van der Waals surface area contributed by atoms with Gasteiger partial charge in [-0.3, -0.25) is 14.9 Å². The summed E-state index contributed by atoms with van der Waals surface area (Å²) < 4.78 is 20.7. The number of benzene rings is 4. The molecule has 0 saturated heterocycles. The lowest BCUT2D eigenvalue weighted by Crippen LogP contribution is -2.69. The Morgan fingerprint density at radius 3 is 2.32 bits per heavy atom. The maximum absolute atomic E-state index is 14.2. The molecule has 324 valence electrons. The Labute approximate surface area is 362 Å². The fourth-order valence-electron chi connectivity index (χ4n) is 9.53. The number of allylic oxidation sites excluding steroid dienone is 1. The fraction of sp³-hybridized carbons (Fsp3) is 0.360. The first kappa shape index (κ1) is 44.0. The van der Waals surface area contributed by atoms with Gasteiger partial charge in [-0.1, -0.05) is 72.6 Å². The third kappa shape index (κ3) is 9.37. The molecule has 6 atom stereocenters. The minimum Gasteiger partial charge on any atom is -0.459 e. The SMILES string of the molecule is C=CCOC12Oc3ccc(Oc4ccc(-c5ccccc5)cc4)cc3C3C(CCCCO)C(CCCCO)C=C(C(=NOC)CC1N(C)C(=O)C=Cc1ccc([N+](=O)[O-])cc1)C32. The van der Waals surface area contributed by atoms with Crippen molar-refractivity contribution in [2.75, 3.05) is 34.0 Å². The van der Waals surface area contributed by atoms with Crippen LogP contribution in [0.15, 0.2) is 133 Å². The van der Waals surface area contributed by atoms with E-state index in [0.29, 0.717) is 41.4 Å². The van der Waals surface area contributed by atoms with E-state index in [0.717, 1.165) is 47.9 Å². The molecule has 1 saturated carbocycles. The highest BCUT2D eigenvalue weighted by Gasteiger charge is 2.65. The standard InChI is InChI=1S/C50H55N3O9/c1-4-30-60-50-46(52(2)47(56)27-18-34-16-21-38(22-17-34)53(57)58)33-44(51-59-3)42-31-37(14-8-10-28-54)41(15-9-11-29-55)48(49(42)50)43-32-40(25-26-45(43)62-50)61-39-23-19-36(20-24-39)35-12-6-5-7-13-35/h4-7,12-13,16-27,31-32,37,41,46,48-49,54-55H,1,8-11,14-15,28-30,33H2,2-3H3. The number of nitro groups is 1. The van der Waals surface area contributed by atoms with Crippen LogP contribution in [0.4, 0.5) is 5.69 Å². The number of nitro benzene ring substituents is 1. The van der Waals surface area contributed by atoms with E-state index in [2.05, 4.69) is 36.0 Å². The van der Waals surface area contributed by atoms with E-state index >= 15 is 0 Å². The van der Waals surface area contributed by atoms with Gasteiger partial charge in [0.15, 0.2) is 0 Å². The average Bonchev–Trinajstić information content (AvgIpc) is 3.29. The lowest BCUT2D eigenvalue weighted by molar-refractivity contribution is -0.384. The van der Waals surface area contributed by atoms with E-state index in [1.165, 1.54) is 25.3 Å². The molecule has 0 spiro atoms. The molecule has 0 bridgehead atoms. The summed E-state index contributed by atoms with van der Waals surface area (Å²) in [6.07, 6.45) is 11.9. The van der Waals surface area contributed by atoms with Crippen LogP contribution < -0.4 is 9.47 Å². The maximum atomic E-state index is 14.2. The van der Waals surface area contributed by atoms with Crippen LogP contribution in [0.3, 0.4) is 0 Å². The summed E-state index contributed by atoms with van der Waals surface area (Å²) in [7, 11) is 3.23. The summed E-state index contributed by atoms with van der Waals surface area (Å²) in [6.45, 7) is 4.30. The van der Waals surface area contributed by atoms with Crippen LogP contribution >= 0.6 is 0 Å². The number of non-ortho nitro benzene ring substituents is 1. The molecular weight excluding hydrogens is 787 g/mol. The fourth-order valence-corrected chi connectivity index (χ4v) is 9.53. The van der Waals surface area contributed by atoms with E-state index in [-0.39, 0.29) is 55.6 Å². The van der Waals surface area contributed by atoms with Gasteiger partial charge in [0, 0.05) is 56.4 Å². The first-order chi connectivity index (χ1) is 30.2. The largest absolute Gasteiger partial charge is 0.459 e. The zero-order valence-electron chi connectivity index (χ0n) is 35.3. The lowest BCUT2D eigenvalue weighted by atomic mass is 9.55. The van der Waals surface area contributed by atoms with Crippen LogP contribution in [-0.2, 0) is 14.4 Å². The van der Waals surface area contributed by atoms with E-state index in [4.69, 9.17) is 19.0 Å². The quantitative estimate of drug-likeness (QED) is 0.0309. The Balaban J connectivity index is 1.33. The van der Waals surface area contributed by atoms with Gasteiger partial charge in [0.2, 0.25) is 11.7 Å². The van der Waals surface area contributed by atoms with Gasteiger partial charge in [-0.2, -0.15) is 0 Å². The number of amides is 1. The molecule has 0 aromatic heterocycles. The molecule has 0 radical (unpaired) electrons. The second-order valence-electron chi connectivity index (χ2n) is 16.1. The lowest BCUT2D eigenvalue weighted by Gasteiger charge is -2.59. The average molecular weight is 842 g/mol. The first-order valence-electron chi connectivity index (χ1n) is 21.4. The van der Waals surface area contributed by atoms with Crippen LogP contribution in [-0.4, -0.2) is 77.5 Å². The Morgan fingerprint density at radius 1 is 0.952 bits per heavy atom. The number of hydrogen-bond donors (Lipinski definition) is 2. The predicted molar refractivity (Wildman–Crippen MR) is 239 cm³/mol. The Hall–Kier alpha value is -6.08. The summed E-state index contributed by atoms with van der Waals surface area (Å²) in [5.41, 5.74) is 5.35. The molecule has 4 aromatic rings. The maximum Gasteiger partial charge on any atom is 0.269 e. The molecule has 12 heteroatoms. The summed E-state index contributed by atoms with van der Waals surface area (Å²) in [4.78, 5) is 32.2.